The molecule has 13 heavy (non-hydrogen) atoms. The van der Waals surface area contributed by atoms with Gasteiger partial charge in [-0.3, -0.25) is 4.99 Å². The maximum absolute atomic E-state index is 8.73. The number of hydrogen-bond donors (Lipinski definition) is 3. The summed E-state index contributed by atoms with van der Waals surface area (Å²) >= 11 is 0. The molecule has 4 heteroatoms. The Morgan fingerprint density at radius 3 is 2.62 bits per heavy atom. The third kappa shape index (κ3) is 4.05. The highest BCUT2D eigenvalue weighted by atomic mass is 16.5. The minimum absolute atomic E-state index is 0.0299. The van der Waals surface area contributed by atoms with Crippen molar-refractivity contribution in [1.82, 2.24) is 10.8 Å². The first-order valence-electron chi connectivity index (χ1n) is 4.48. The highest BCUT2D eigenvalue weighted by molar-refractivity contribution is 5.85. The van der Waals surface area contributed by atoms with Gasteiger partial charge in [-0.2, -0.15) is 0 Å². The zero-order valence-corrected chi connectivity index (χ0v) is 8.54. The van der Waals surface area contributed by atoms with Gasteiger partial charge in [0.2, 0.25) is 0 Å². The number of nitrogens with one attached hydrogen (secondary N) is 2. The van der Waals surface area contributed by atoms with Crippen LogP contribution in [0.3, 0.4) is 0 Å². The van der Waals surface area contributed by atoms with E-state index in [0.29, 0.717) is 0 Å². The molecule has 0 rings (SSSR count). The van der Waals surface area contributed by atoms with E-state index in [9.17, 15) is 0 Å². The molecule has 0 aromatic carbocycles. The van der Waals surface area contributed by atoms with E-state index in [4.69, 9.17) is 5.21 Å². The summed E-state index contributed by atoms with van der Waals surface area (Å²) in [5.41, 5.74) is 2.21. The second-order valence-electron chi connectivity index (χ2n) is 2.91. The lowest BCUT2D eigenvalue weighted by atomic mass is 10.0. The lowest BCUT2D eigenvalue weighted by molar-refractivity contribution is 0.121. The maximum Gasteiger partial charge on any atom is 0.105 e. The van der Waals surface area contributed by atoms with Gasteiger partial charge in [0.1, 0.15) is 5.84 Å². The van der Waals surface area contributed by atoms with Gasteiger partial charge in [-0.1, -0.05) is 13.5 Å². The molecule has 0 saturated carbocycles. The Morgan fingerprint density at radius 1 is 1.62 bits per heavy atom. The van der Waals surface area contributed by atoms with Crippen LogP contribution in [-0.2, 0) is 0 Å². The van der Waals surface area contributed by atoms with Crippen molar-refractivity contribution in [1.29, 1.82) is 0 Å². The van der Waals surface area contributed by atoms with Crippen molar-refractivity contribution in [2.75, 3.05) is 6.54 Å². The van der Waals surface area contributed by atoms with E-state index in [0.717, 1.165) is 12.4 Å². The lowest BCUT2D eigenvalue weighted by Crippen LogP contribution is -2.39. The molecule has 0 fully saturated rings. The average molecular weight is 185 g/mol. The van der Waals surface area contributed by atoms with Crippen LogP contribution in [0.2, 0.25) is 0 Å². The minimum Gasteiger partial charge on any atom is -0.351 e. The molecule has 4 nitrogen and oxygen atoms in total. The Hall–Kier alpha value is -0.870. The monoisotopic (exact) mass is 185 g/mol. The van der Waals surface area contributed by atoms with Crippen molar-refractivity contribution in [3.05, 3.63) is 12.8 Å². The van der Waals surface area contributed by atoms with Gasteiger partial charge in [0, 0.05) is 18.5 Å². The number of rotatable bonds is 5. The predicted molar refractivity (Wildman–Crippen MR) is 54.9 cm³/mol. The third-order valence-electron chi connectivity index (χ3n) is 1.96. The summed E-state index contributed by atoms with van der Waals surface area (Å²) in [6, 6.07) is -0.0299. The topological polar surface area (TPSA) is 56.7 Å². The SMILES string of the molecule is C=CNC(=NCC)C(C)C(C)NO. The molecule has 0 aromatic heterocycles. The van der Waals surface area contributed by atoms with Gasteiger partial charge in [-0.15, -0.1) is 0 Å². The summed E-state index contributed by atoms with van der Waals surface area (Å²) < 4.78 is 0. The van der Waals surface area contributed by atoms with Crippen molar-refractivity contribution in [2.24, 2.45) is 10.9 Å². The Balaban J connectivity index is 4.35. The summed E-state index contributed by atoms with van der Waals surface area (Å²) in [6.07, 6.45) is 1.59. The van der Waals surface area contributed by atoms with Crippen LogP contribution < -0.4 is 10.8 Å². The molecular formula is C9H19N3O. The Morgan fingerprint density at radius 2 is 2.23 bits per heavy atom. The van der Waals surface area contributed by atoms with E-state index in [2.05, 4.69) is 22.4 Å². The van der Waals surface area contributed by atoms with Gasteiger partial charge in [0.05, 0.1) is 0 Å². The molecule has 0 aliphatic rings. The van der Waals surface area contributed by atoms with Crippen molar-refractivity contribution < 1.29 is 5.21 Å². The highest BCUT2D eigenvalue weighted by Gasteiger charge is 2.16. The molecule has 0 aliphatic carbocycles. The maximum atomic E-state index is 8.73. The Kier molecular flexibility index (Phi) is 6.18. The average Bonchev–Trinajstić information content (AvgIpc) is 2.15. The Bertz CT molecular complexity index is 180. The first-order valence-corrected chi connectivity index (χ1v) is 4.48. The van der Waals surface area contributed by atoms with Crippen LogP contribution >= 0.6 is 0 Å². The van der Waals surface area contributed by atoms with Gasteiger partial charge in [-0.05, 0) is 20.0 Å². The van der Waals surface area contributed by atoms with Gasteiger partial charge >= 0.3 is 0 Å². The zero-order valence-electron chi connectivity index (χ0n) is 8.54. The Labute approximate surface area is 79.7 Å². The van der Waals surface area contributed by atoms with Crippen LogP contribution in [0.25, 0.3) is 0 Å². The lowest BCUT2D eigenvalue weighted by Gasteiger charge is -2.20. The quantitative estimate of drug-likeness (QED) is 0.342. The second-order valence-corrected chi connectivity index (χ2v) is 2.91. The summed E-state index contributed by atoms with van der Waals surface area (Å²) in [7, 11) is 0. The molecule has 2 atom stereocenters. The van der Waals surface area contributed by atoms with E-state index in [1.54, 1.807) is 6.20 Å². The van der Waals surface area contributed by atoms with Crippen molar-refractivity contribution in [2.45, 2.75) is 26.8 Å². The zero-order chi connectivity index (χ0) is 10.3. The number of aliphatic imine (C=N–C) groups is 1. The molecule has 0 saturated heterocycles. The number of hydroxylamine groups is 1. The highest BCUT2D eigenvalue weighted by Crippen LogP contribution is 2.03. The largest absolute Gasteiger partial charge is 0.351 e. The first-order chi connectivity index (χ1) is 6.17. The summed E-state index contributed by atoms with van der Waals surface area (Å²) in [5.74, 6) is 0.967. The summed E-state index contributed by atoms with van der Waals surface area (Å²) in [5, 5.41) is 11.7. The predicted octanol–water partition coefficient (Wildman–Crippen LogP) is 1.14. The van der Waals surface area contributed by atoms with Crippen LogP contribution in [-0.4, -0.2) is 23.6 Å². The molecule has 0 amide bonds. The van der Waals surface area contributed by atoms with Crippen molar-refractivity contribution in [3.63, 3.8) is 0 Å². The minimum atomic E-state index is -0.0299. The van der Waals surface area contributed by atoms with E-state index >= 15 is 0 Å². The number of nitrogens with zero attached hydrogens (tertiary/aromatic N) is 1. The molecule has 0 radical (unpaired) electrons. The van der Waals surface area contributed by atoms with E-state index in [1.165, 1.54) is 0 Å². The normalized spacial score (nSPS) is 16.5. The fourth-order valence-electron chi connectivity index (χ4n) is 0.945. The van der Waals surface area contributed by atoms with Gasteiger partial charge in [0.25, 0.3) is 0 Å². The van der Waals surface area contributed by atoms with E-state index in [1.807, 2.05) is 20.8 Å². The molecule has 2 unspecified atom stereocenters. The molecule has 0 aliphatic heterocycles. The number of amidine groups is 1. The van der Waals surface area contributed by atoms with Crippen molar-refractivity contribution in [3.8, 4) is 0 Å². The molecule has 0 spiro atoms. The second kappa shape index (κ2) is 6.62. The fourth-order valence-corrected chi connectivity index (χ4v) is 0.945. The molecule has 76 valence electrons. The van der Waals surface area contributed by atoms with Gasteiger partial charge in [0.15, 0.2) is 0 Å². The molecule has 3 N–H and O–H groups in total. The molecule has 0 heterocycles. The van der Waals surface area contributed by atoms with Crippen molar-refractivity contribution >= 4 is 5.84 Å². The summed E-state index contributed by atoms with van der Waals surface area (Å²) in [4.78, 5) is 4.27. The standard InChI is InChI=1S/C9H19N3O/c1-5-10-9(11-6-2)7(3)8(4)12-13/h5,7-8,12-13H,1,6H2,2-4H3,(H,10,11). The van der Waals surface area contributed by atoms with Crippen LogP contribution in [0.15, 0.2) is 17.8 Å². The van der Waals surface area contributed by atoms with Crippen LogP contribution in [0, 0.1) is 5.92 Å². The van der Waals surface area contributed by atoms with Crippen LogP contribution in [0.5, 0.6) is 0 Å². The van der Waals surface area contributed by atoms with Gasteiger partial charge in [-0.25, -0.2) is 5.48 Å². The van der Waals surface area contributed by atoms with Gasteiger partial charge < -0.3 is 10.5 Å². The smallest absolute Gasteiger partial charge is 0.105 e. The van der Waals surface area contributed by atoms with Crippen LogP contribution in [0.1, 0.15) is 20.8 Å². The first kappa shape index (κ1) is 12.1. The fraction of sp³-hybridized carbons (Fsp3) is 0.667. The van der Waals surface area contributed by atoms with Crippen LogP contribution in [0.4, 0.5) is 0 Å². The number of hydrogen-bond acceptors (Lipinski definition) is 3. The molecular weight excluding hydrogens is 166 g/mol. The molecule has 0 bridgehead atoms. The van der Waals surface area contributed by atoms with E-state index in [-0.39, 0.29) is 12.0 Å². The summed E-state index contributed by atoms with van der Waals surface area (Å²) in [6.45, 7) is 10.1. The van der Waals surface area contributed by atoms with E-state index < -0.39 is 0 Å². The molecule has 0 aromatic rings. The third-order valence-corrected chi connectivity index (χ3v) is 1.96.